The number of unbranched alkanes of at least 4 members (excludes halogenated alkanes) is 17. The van der Waals surface area contributed by atoms with E-state index < -0.39 is 0 Å². The van der Waals surface area contributed by atoms with Crippen LogP contribution in [0.2, 0.25) is 0 Å². The maximum absolute atomic E-state index is 11.9. The molecule has 2 atom stereocenters. The fraction of sp³-hybridized carbons (Fsp3) is 0.912. The first-order valence-corrected chi connectivity index (χ1v) is 16.3. The van der Waals surface area contributed by atoms with Crippen LogP contribution in [0, 0.1) is 11.8 Å². The Morgan fingerprint density at radius 3 is 1.33 bits per heavy atom. The first-order valence-electron chi connectivity index (χ1n) is 16.3. The molecular weight excluding hydrogens is 440 g/mol. The Morgan fingerprint density at radius 1 is 0.583 bits per heavy atom. The van der Waals surface area contributed by atoms with E-state index >= 15 is 0 Å². The number of hydrogen-bond donors (Lipinski definition) is 0. The summed E-state index contributed by atoms with van der Waals surface area (Å²) in [7, 11) is 0. The zero-order chi connectivity index (χ0) is 26.7. The molecule has 0 spiro atoms. The lowest BCUT2D eigenvalue weighted by atomic mass is 9.94. The molecule has 0 radical (unpaired) electrons. The normalized spacial score (nSPS) is 13.0. The molecule has 0 fully saturated rings. The number of hydrogen-bond acceptors (Lipinski definition) is 2. The molecule has 0 rings (SSSR count). The van der Waals surface area contributed by atoms with Gasteiger partial charge in [0.15, 0.2) is 0 Å². The smallest absolute Gasteiger partial charge is 0.333 e. The molecule has 0 heterocycles. The molecule has 0 amide bonds. The summed E-state index contributed by atoms with van der Waals surface area (Å²) in [6.45, 7) is 13.1. The number of carbonyl (C=O) groups is 1. The molecule has 0 saturated carbocycles. The second-order valence-corrected chi connectivity index (χ2v) is 11.9. The van der Waals surface area contributed by atoms with E-state index in [2.05, 4.69) is 27.4 Å². The van der Waals surface area contributed by atoms with Gasteiger partial charge in [-0.3, -0.25) is 0 Å². The number of ether oxygens (including phenoxy) is 1. The van der Waals surface area contributed by atoms with Crippen molar-refractivity contribution >= 4 is 5.97 Å². The third-order valence-electron chi connectivity index (χ3n) is 7.87. The third kappa shape index (κ3) is 24.9. The van der Waals surface area contributed by atoms with Gasteiger partial charge in [0, 0.05) is 5.57 Å². The highest BCUT2D eigenvalue weighted by Gasteiger charge is 2.12. The Bertz CT molecular complexity index is 484. The minimum atomic E-state index is -0.220. The lowest BCUT2D eigenvalue weighted by Crippen LogP contribution is -2.15. The Hall–Kier alpha value is -0.790. The predicted octanol–water partition coefficient (Wildman–Crippen LogP) is 11.8. The van der Waals surface area contributed by atoms with Crippen molar-refractivity contribution < 1.29 is 9.53 Å². The van der Waals surface area contributed by atoms with Gasteiger partial charge >= 0.3 is 5.97 Å². The van der Waals surface area contributed by atoms with Crippen LogP contribution < -0.4 is 0 Å². The predicted molar refractivity (Wildman–Crippen MR) is 161 cm³/mol. The summed E-state index contributed by atoms with van der Waals surface area (Å²) in [4.78, 5) is 11.9. The topological polar surface area (TPSA) is 26.3 Å². The standard InChI is InChI=1S/C34H66O2/c1-6-8-10-11-12-13-14-15-16-17-20-24-28-33(30-36-34(35)31(3)4)29-25-21-18-19-23-27-32(5)26-22-9-7-2/h32-33H,3,6-30H2,1-2,4-5H3. The van der Waals surface area contributed by atoms with Gasteiger partial charge in [0.1, 0.15) is 0 Å². The van der Waals surface area contributed by atoms with Crippen molar-refractivity contribution in [1.82, 2.24) is 0 Å². The molecule has 0 aliphatic carbocycles. The maximum atomic E-state index is 11.9. The molecule has 0 aromatic rings. The first-order chi connectivity index (χ1) is 17.5. The Morgan fingerprint density at radius 2 is 0.917 bits per heavy atom. The van der Waals surface area contributed by atoms with E-state index in [1.54, 1.807) is 6.92 Å². The molecule has 0 aliphatic heterocycles. The van der Waals surface area contributed by atoms with Gasteiger partial charge in [-0.25, -0.2) is 4.79 Å². The minimum absolute atomic E-state index is 0.220. The highest BCUT2D eigenvalue weighted by molar-refractivity contribution is 5.86. The van der Waals surface area contributed by atoms with Gasteiger partial charge in [-0.1, -0.05) is 169 Å². The Labute approximate surface area is 227 Å². The molecule has 0 N–H and O–H groups in total. The largest absolute Gasteiger partial charge is 0.462 e. The van der Waals surface area contributed by atoms with Crippen molar-refractivity contribution in [3.8, 4) is 0 Å². The van der Waals surface area contributed by atoms with Crippen LogP contribution >= 0.6 is 0 Å². The molecule has 0 aliphatic rings. The second-order valence-electron chi connectivity index (χ2n) is 11.9. The van der Waals surface area contributed by atoms with E-state index in [4.69, 9.17) is 4.74 Å². The van der Waals surface area contributed by atoms with Gasteiger partial charge < -0.3 is 4.74 Å². The number of esters is 1. The molecule has 36 heavy (non-hydrogen) atoms. The van der Waals surface area contributed by atoms with E-state index in [1.807, 2.05) is 0 Å². The van der Waals surface area contributed by atoms with E-state index in [-0.39, 0.29) is 5.97 Å². The SMILES string of the molecule is C=C(C)C(=O)OCC(CCCCCCCCCCCCCC)CCCCCCCC(C)CCCCC. The number of rotatable bonds is 28. The molecule has 2 heteroatoms. The van der Waals surface area contributed by atoms with Crippen LogP contribution in [0.25, 0.3) is 0 Å². The van der Waals surface area contributed by atoms with Crippen molar-refractivity contribution in [3.63, 3.8) is 0 Å². The van der Waals surface area contributed by atoms with Gasteiger partial charge in [0.05, 0.1) is 6.61 Å². The summed E-state index contributed by atoms with van der Waals surface area (Å²) in [5.74, 6) is 1.21. The van der Waals surface area contributed by atoms with E-state index in [1.165, 1.54) is 154 Å². The van der Waals surface area contributed by atoms with E-state index in [9.17, 15) is 4.79 Å². The minimum Gasteiger partial charge on any atom is -0.462 e. The van der Waals surface area contributed by atoms with Crippen LogP contribution in [0.1, 0.15) is 182 Å². The van der Waals surface area contributed by atoms with Gasteiger partial charge in [-0.2, -0.15) is 0 Å². The molecule has 214 valence electrons. The average Bonchev–Trinajstić information content (AvgIpc) is 2.86. The van der Waals surface area contributed by atoms with Crippen LogP contribution in [0.4, 0.5) is 0 Å². The van der Waals surface area contributed by atoms with Gasteiger partial charge in [0.25, 0.3) is 0 Å². The summed E-state index contributed by atoms with van der Waals surface area (Å²) >= 11 is 0. The molecule has 0 aromatic carbocycles. The highest BCUT2D eigenvalue weighted by atomic mass is 16.5. The lowest BCUT2D eigenvalue weighted by molar-refractivity contribution is -0.140. The van der Waals surface area contributed by atoms with Crippen LogP contribution in [-0.2, 0) is 9.53 Å². The van der Waals surface area contributed by atoms with Crippen LogP contribution in [0.15, 0.2) is 12.2 Å². The Balaban J connectivity index is 3.90. The van der Waals surface area contributed by atoms with Crippen molar-refractivity contribution in [1.29, 1.82) is 0 Å². The van der Waals surface area contributed by atoms with Crippen LogP contribution in [-0.4, -0.2) is 12.6 Å². The lowest BCUT2D eigenvalue weighted by Gasteiger charge is -2.17. The maximum Gasteiger partial charge on any atom is 0.333 e. The van der Waals surface area contributed by atoms with E-state index in [0.717, 1.165) is 5.92 Å². The average molecular weight is 507 g/mol. The van der Waals surface area contributed by atoms with Crippen molar-refractivity contribution in [2.24, 2.45) is 11.8 Å². The fourth-order valence-electron chi connectivity index (χ4n) is 5.25. The summed E-state index contributed by atoms with van der Waals surface area (Å²) < 4.78 is 5.55. The summed E-state index contributed by atoms with van der Waals surface area (Å²) in [5.41, 5.74) is 0.517. The molecule has 0 aromatic heterocycles. The first kappa shape index (κ1) is 35.2. The van der Waals surface area contributed by atoms with Crippen molar-refractivity contribution in [2.45, 2.75) is 182 Å². The Kier molecular flexibility index (Phi) is 26.7. The fourth-order valence-corrected chi connectivity index (χ4v) is 5.25. The number of carbonyl (C=O) groups excluding carboxylic acids is 1. The highest BCUT2D eigenvalue weighted by Crippen LogP contribution is 2.22. The monoisotopic (exact) mass is 507 g/mol. The summed E-state index contributed by atoms with van der Waals surface area (Å²) in [6, 6.07) is 0. The van der Waals surface area contributed by atoms with Crippen LogP contribution in [0.3, 0.4) is 0 Å². The molecular formula is C34H66O2. The van der Waals surface area contributed by atoms with Gasteiger partial charge in [-0.05, 0) is 31.6 Å². The second kappa shape index (κ2) is 27.3. The quantitative estimate of drug-likeness (QED) is 0.0599. The zero-order valence-electron chi connectivity index (χ0n) is 25.4. The van der Waals surface area contributed by atoms with Gasteiger partial charge in [-0.15, -0.1) is 0 Å². The van der Waals surface area contributed by atoms with E-state index in [0.29, 0.717) is 18.1 Å². The molecule has 2 nitrogen and oxygen atoms in total. The summed E-state index contributed by atoms with van der Waals surface area (Å²) in [5, 5.41) is 0. The van der Waals surface area contributed by atoms with Gasteiger partial charge in [0.2, 0.25) is 0 Å². The summed E-state index contributed by atoms with van der Waals surface area (Å²) in [6.07, 6.45) is 32.8. The van der Waals surface area contributed by atoms with Crippen LogP contribution in [0.5, 0.6) is 0 Å². The molecule has 2 unspecified atom stereocenters. The molecule has 0 bridgehead atoms. The molecule has 0 saturated heterocycles. The van der Waals surface area contributed by atoms with Crippen molar-refractivity contribution in [3.05, 3.63) is 12.2 Å². The van der Waals surface area contributed by atoms with Crippen molar-refractivity contribution in [2.75, 3.05) is 6.61 Å². The third-order valence-corrected chi connectivity index (χ3v) is 7.87. The zero-order valence-corrected chi connectivity index (χ0v) is 25.4.